The number of phosphoric ester groups is 1. The number of phosphoric acid groups is 1. The third kappa shape index (κ3) is 60.0. The summed E-state index contributed by atoms with van der Waals surface area (Å²) >= 11 is 0. The normalized spacial score (nSPS) is 14.1. The molecule has 3 unspecified atom stereocenters. The average molecular weight is 1080 g/mol. The molecule has 0 spiro atoms. The highest BCUT2D eigenvalue weighted by Crippen LogP contribution is 2.38. The monoisotopic (exact) mass is 1070 g/mol. The van der Waals surface area contributed by atoms with Gasteiger partial charge in [0.25, 0.3) is 7.82 Å². The molecule has 0 aliphatic heterocycles. The zero-order valence-electron chi connectivity index (χ0n) is 50.5. The summed E-state index contributed by atoms with van der Waals surface area (Å²) in [5, 5.41) is 13.9. The van der Waals surface area contributed by atoms with Gasteiger partial charge in [0, 0.05) is 6.42 Å². The number of carbonyl (C=O) groups excluding carboxylic acids is 1. The molecule has 0 bridgehead atoms. The Morgan fingerprint density at radius 1 is 0.467 bits per heavy atom. The molecule has 0 rings (SSSR count). The molecule has 75 heavy (non-hydrogen) atoms. The molecule has 8 nitrogen and oxygen atoms in total. The number of nitrogens with one attached hydrogen (secondary N) is 1. The number of hydrogen-bond acceptors (Lipinski definition) is 6. The van der Waals surface area contributed by atoms with Crippen molar-refractivity contribution in [3.05, 3.63) is 48.6 Å². The van der Waals surface area contributed by atoms with Crippen LogP contribution in [0.4, 0.5) is 0 Å². The van der Waals surface area contributed by atoms with Crippen LogP contribution in [0.1, 0.15) is 316 Å². The van der Waals surface area contributed by atoms with Crippen molar-refractivity contribution in [2.45, 2.75) is 328 Å². The minimum atomic E-state index is -4.61. The lowest BCUT2D eigenvalue weighted by molar-refractivity contribution is -0.870. The predicted molar refractivity (Wildman–Crippen MR) is 325 cm³/mol. The van der Waals surface area contributed by atoms with E-state index in [0.29, 0.717) is 17.4 Å². The van der Waals surface area contributed by atoms with Crippen molar-refractivity contribution < 1.29 is 32.9 Å². The molecule has 0 saturated carbocycles. The van der Waals surface area contributed by atoms with Crippen LogP contribution >= 0.6 is 7.82 Å². The van der Waals surface area contributed by atoms with E-state index in [4.69, 9.17) is 9.05 Å². The molecule has 9 heteroatoms. The van der Waals surface area contributed by atoms with Crippen LogP contribution in [0.25, 0.3) is 0 Å². The number of amides is 1. The first-order valence-electron chi connectivity index (χ1n) is 32.5. The maximum absolute atomic E-state index is 13.0. The minimum absolute atomic E-state index is 0.00573. The van der Waals surface area contributed by atoms with E-state index < -0.39 is 26.6 Å². The molecule has 3 atom stereocenters. The van der Waals surface area contributed by atoms with Crippen molar-refractivity contribution in [2.24, 2.45) is 0 Å². The molecule has 0 aromatic heterocycles. The Kier molecular flexibility index (Phi) is 56.0. The number of aliphatic hydroxyl groups excluding tert-OH is 1. The van der Waals surface area contributed by atoms with E-state index in [9.17, 15) is 19.4 Å². The van der Waals surface area contributed by atoms with Gasteiger partial charge in [-0.1, -0.05) is 294 Å². The number of hydrogen-bond donors (Lipinski definition) is 2. The molecule has 0 heterocycles. The second-order valence-electron chi connectivity index (χ2n) is 23.5. The van der Waals surface area contributed by atoms with Gasteiger partial charge in [-0.25, -0.2) is 0 Å². The highest BCUT2D eigenvalue weighted by molar-refractivity contribution is 7.45. The molecule has 0 aliphatic carbocycles. The summed E-state index contributed by atoms with van der Waals surface area (Å²) in [5.41, 5.74) is 0. The lowest BCUT2D eigenvalue weighted by Gasteiger charge is -2.29. The first-order valence-corrected chi connectivity index (χ1v) is 34.0. The molecule has 1 amide bonds. The van der Waals surface area contributed by atoms with E-state index in [-0.39, 0.29) is 12.5 Å². The minimum Gasteiger partial charge on any atom is -0.756 e. The maximum atomic E-state index is 13.0. The number of allylic oxidation sites excluding steroid dienone is 7. The molecule has 442 valence electrons. The summed E-state index contributed by atoms with van der Waals surface area (Å²) in [7, 11) is 1.25. The Labute approximate surface area is 467 Å². The number of carbonyl (C=O) groups is 1. The van der Waals surface area contributed by atoms with E-state index >= 15 is 0 Å². The van der Waals surface area contributed by atoms with Gasteiger partial charge in [0.05, 0.1) is 39.9 Å². The Hall–Kier alpha value is -1.54. The molecular weight excluding hydrogens is 948 g/mol. The summed E-state index contributed by atoms with van der Waals surface area (Å²) in [6.45, 7) is 4.66. The summed E-state index contributed by atoms with van der Waals surface area (Å²) in [5.74, 6) is -0.203. The maximum Gasteiger partial charge on any atom is 0.268 e. The van der Waals surface area contributed by atoms with Crippen molar-refractivity contribution >= 4 is 13.7 Å². The molecular formula is C66H127N2O6P. The van der Waals surface area contributed by atoms with Gasteiger partial charge in [-0.3, -0.25) is 9.36 Å². The van der Waals surface area contributed by atoms with E-state index in [1.54, 1.807) is 6.08 Å². The first-order chi connectivity index (χ1) is 36.5. The van der Waals surface area contributed by atoms with E-state index in [1.165, 1.54) is 250 Å². The van der Waals surface area contributed by atoms with Gasteiger partial charge < -0.3 is 28.8 Å². The standard InChI is InChI=1S/C66H127N2O6P/c1-6-8-10-12-14-16-18-20-22-24-26-28-30-32-33-34-35-36-38-40-42-44-46-48-50-52-54-56-58-60-66(70)67-64(63-74-75(71,72)73-62-61-68(3,4)5)65(69)59-57-55-53-51-49-47-45-43-41-39-37-31-29-27-25-23-21-19-17-15-13-11-9-7-2/h18,20,24,26,49,51,57,59,64-65,69H,6-17,19,21-23,25,27-48,50,52-56,58,60-63H2,1-5H3,(H-,67,70,71,72)/b20-18-,26-24-,51-49+,59-57+. The number of quaternary nitrogens is 1. The zero-order valence-corrected chi connectivity index (χ0v) is 51.4. The fourth-order valence-electron chi connectivity index (χ4n) is 9.67. The van der Waals surface area contributed by atoms with Gasteiger partial charge in [0.2, 0.25) is 5.91 Å². The number of unbranched alkanes of at least 4 members (excludes halogenated alkanes) is 41. The first kappa shape index (κ1) is 73.5. The largest absolute Gasteiger partial charge is 0.756 e. The SMILES string of the molecule is CCCCCCC/C=C\C/C=C\CCCCCCCCCCCCCCCCCCCC(=O)NC(COP(=O)([O-])OCC[N+](C)(C)C)C(O)/C=C/CC/C=C/CCCCCCCCCCCCCCCCCCCC. The molecule has 0 fully saturated rings. The second-order valence-corrected chi connectivity index (χ2v) is 24.9. The Morgan fingerprint density at radius 3 is 1.16 bits per heavy atom. The third-order valence-corrected chi connectivity index (χ3v) is 15.7. The fraction of sp³-hybridized carbons (Fsp3) is 0.864. The van der Waals surface area contributed by atoms with Crippen molar-refractivity contribution in [1.82, 2.24) is 5.32 Å². The summed E-state index contributed by atoms with van der Waals surface area (Å²) < 4.78 is 23.4. The van der Waals surface area contributed by atoms with Gasteiger partial charge >= 0.3 is 0 Å². The third-order valence-electron chi connectivity index (χ3n) is 14.8. The Morgan fingerprint density at radius 2 is 0.787 bits per heavy atom. The lowest BCUT2D eigenvalue weighted by Crippen LogP contribution is -2.45. The van der Waals surface area contributed by atoms with E-state index in [0.717, 1.165) is 44.9 Å². The van der Waals surface area contributed by atoms with Crippen LogP contribution in [0, 0.1) is 0 Å². The van der Waals surface area contributed by atoms with Gasteiger partial charge in [0.15, 0.2) is 0 Å². The van der Waals surface area contributed by atoms with Gasteiger partial charge in [-0.15, -0.1) is 0 Å². The predicted octanol–water partition coefficient (Wildman–Crippen LogP) is 19.6. The van der Waals surface area contributed by atoms with Crippen LogP contribution < -0.4 is 10.2 Å². The molecule has 0 saturated heterocycles. The van der Waals surface area contributed by atoms with Crippen molar-refractivity contribution in [2.75, 3.05) is 40.9 Å². The molecule has 0 aromatic rings. The van der Waals surface area contributed by atoms with Gasteiger partial charge in [-0.2, -0.15) is 0 Å². The Bertz CT molecular complexity index is 1360. The zero-order chi connectivity index (χ0) is 54.9. The highest BCUT2D eigenvalue weighted by atomic mass is 31.2. The number of likely N-dealkylation sites (N-methyl/N-ethyl adjacent to an activating group) is 1. The average Bonchev–Trinajstić information content (AvgIpc) is 3.37. The summed E-state index contributed by atoms with van der Waals surface area (Å²) in [6, 6.07) is -0.904. The summed E-state index contributed by atoms with van der Waals surface area (Å²) in [6.07, 6.45) is 76.4. The smallest absolute Gasteiger partial charge is 0.268 e. The van der Waals surface area contributed by atoms with Gasteiger partial charge in [-0.05, 0) is 64.2 Å². The number of aliphatic hydroxyl groups is 1. The van der Waals surface area contributed by atoms with Crippen molar-refractivity contribution in [3.8, 4) is 0 Å². The van der Waals surface area contributed by atoms with Crippen LogP contribution in [-0.4, -0.2) is 68.5 Å². The van der Waals surface area contributed by atoms with Crippen molar-refractivity contribution in [1.29, 1.82) is 0 Å². The quantitative estimate of drug-likeness (QED) is 0.0272. The molecule has 0 aromatic carbocycles. The van der Waals surface area contributed by atoms with E-state index in [2.05, 4.69) is 55.6 Å². The summed E-state index contributed by atoms with van der Waals surface area (Å²) in [4.78, 5) is 25.6. The fourth-order valence-corrected chi connectivity index (χ4v) is 10.4. The van der Waals surface area contributed by atoms with E-state index in [1.807, 2.05) is 27.2 Å². The lowest BCUT2D eigenvalue weighted by atomic mass is 10.0. The van der Waals surface area contributed by atoms with Crippen LogP contribution in [0.3, 0.4) is 0 Å². The number of nitrogens with zero attached hydrogens (tertiary/aromatic N) is 1. The van der Waals surface area contributed by atoms with Crippen LogP contribution in [0.5, 0.6) is 0 Å². The van der Waals surface area contributed by atoms with Crippen LogP contribution in [0.15, 0.2) is 48.6 Å². The van der Waals surface area contributed by atoms with Crippen LogP contribution in [0.2, 0.25) is 0 Å². The Balaban J connectivity index is 4.14. The topological polar surface area (TPSA) is 108 Å². The van der Waals surface area contributed by atoms with Crippen molar-refractivity contribution in [3.63, 3.8) is 0 Å². The molecule has 0 radical (unpaired) electrons. The second kappa shape index (κ2) is 57.2. The van der Waals surface area contributed by atoms with Crippen LogP contribution in [-0.2, 0) is 18.4 Å². The molecule has 2 N–H and O–H groups in total. The highest BCUT2D eigenvalue weighted by Gasteiger charge is 2.23. The molecule has 0 aliphatic rings. The van der Waals surface area contributed by atoms with Gasteiger partial charge in [0.1, 0.15) is 13.2 Å². The number of rotatable bonds is 60.